The molecule has 0 amide bonds. The number of benzene rings is 2. The van der Waals surface area contributed by atoms with E-state index in [9.17, 15) is 14.7 Å². The van der Waals surface area contributed by atoms with Crippen LogP contribution in [0.5, 0.6) is 34.5 Å². The minimum Gasteiger partial charge on any atom is -0.504 e. The lowest BCUT2D eigenvalue weighted by atomic mass is 10.1. The first-order chi connectivity index (χ1) is 17.0. The molecule has 2 heterocycles. The normalized spacial score (nSPS) is 16.4. The van der Waals surface area contributed by atoms with Gasteiger partial charge in [0.15, 0.2) is 34.5 Å². The van der Waals surface area contributed by atoms with Crippen molar-refractivity contribution < 1.29 is 38.4 Å². The second-order valence-electron chi connectivity index (χ2n) is 7.89. The van der Waals surface area contributed by atoms with E-state index in [0.717, 1.165) is 19.3 Å². The topological polar surface area (TPSA) is 101 Å². The maximum absolute atomic E-state index is 12.5. The van der Waals surface area contributed by atoms with Crippen molar-refractivity contribution in [3.8, 4) is 34.5 Å². The highest BCUT2D eigenvalue weighted by molar-refractivity contribution is 8.77. The summed E-state index contributed by atoms with van der Waals surface area (Å²) in [4.78, 5) is 24.9. The Bertz CT molecular complexity index is 1100. The molecule has 2 aliphatic rings. The molecule has 1 atom stereocenters. The number of fused-ring (bicyclic) bond motifs is 1. The summed E-state index contributed by atoms with van der Waals surface area (Å²) in [5.41, 5.74) is 0.628. The number of hydrogen-bond donors (Lipinski definition) is 1. The summed E-state index contributed by atoms with van der Waals surface area (Å²) in [6.07, 6.45) is 7.03. The fraction of sp³-hybridized carbons (Fsp3) is 0.360. The second kappa shape index (κ2) is 12.1. The van der Waals surface area contributed by atoms with Gasteiger partial charge >= 0.3 is 11.9 Å². The molecule has 0 spiro atoms. The van der Waals surface area contributed by atoms with Crippen molar-refractivity contribution in [2.75, 3.05) is 19.7 Å². The number of hydrogen-bond acceptors (Lipinski definition) is 10. The second-order valence-corrected chi connectivity index (χ2v) is 10.7. The quantitative estimate of drug-likeness (QED) is 0.145. The zero-order chi connectivity index (χ0) is 24.6. The van der Waals surface area contributed by atoms with Gasteiger partial charge in [-0.3, -0.25) is 4.79 Å². The van der Waals surface area contributed by atoms with Crippen LogP contribution in [0.2, 0.25) is 0 Å². The van der Waals surface area contributed by atoms with E-state index in [2.05, 4.69) is 0 Å². The summed E-state index contributed by atoms with van der Waals surface area (Å²) in [5.74, 6) is 1.35. The number of ether oxygens (including phenoxy) is 5. The molecule has 2 aromatic carbocycles. The summed E-state index contributed by atoms with van der Waals surface area (Å²) >= 11 is 0. The molecule has 1 fully saturated rings. The molecule has 8 nitrogen and oxygen atoms in total. The van der Waals surface area contributed by atoms with Crippen LogP contribution in [-0.2, 0) is 9.59 Å². The number of carbonyl (C=O) groups excluding carboxylic acids is 2. The Morgan fingerprint density at radius 2 is 1.86 bits per heavy atom. The molecule has 2 aromatic rings. The number of esters is 2. The maximum atomic E-state index is 12.5. The Labute approximate surface area is 211 Å². The van der Waals surface area contributed by atoms with Crippen molar-refractivity contribution in [2.45, 2.75) is 37.4 Å². The van der Waals surface area contributed by atoms with Gasteiger partial charge in [-0.05, 0) is 43.0 Å². The number of aromatic hydroxyl groups is 1. The smallest absolute Gasteiger partial charge is 0.336 e. The Kier molecular flexibility index (Phi) is 8.70. The highest BCUT2D eigenvalue weighted by atomic mass is 33.1. The number of phenols is 1. The summed E-state index contributed by atoms with van der Waals surface area (Å²) in [6.45, 7) is 0.0279. The van der Waals surface area contributed by atoms with Gasteiger partial charge in [-0.25, -0.2) is 4.79 Å². The maximum Gasteiger partial charge on any atom is 0.336 e. The van der Waals surface area contributed by atoms with E-state index in [1.165, 1.54) is 49.6 Å². The van der Waals surface area contributed by atoms with E-state index in [1.54, 1.807) is 12.1 Å². The van der Waals surface area contributed by atoms with E-state index < -0.39 is 11.9 Å². The van der Waals surface area contributed by atoms with Crippen LogP contribution in [0.1, 0.15) is 37.7 Å². The highest BCUT2D eigenvalue weighted by Crippen LogP contribution is 2.43. The van der Waals surface area contributed by atoms with Crippen molar-refractivity contribution in [3.63, 3.8) is 0 Å². The SMILES string of the molecule is COc1cc(/C=C/C(=O)Oc2cc3c(cc2OC(=O)CCCCC2CCSS2)OCO3)ccc1O. The lowest BCUT2D eigenvalue weighted by Gasteiger charge is -2.11. The van der Waals surface area contributed by atoms with Gasteiger partial charge < -0.3 is 28.8 Å². The summed E-state index contributed by atoms with van der Waals surface area (Å²) in [5, 5.41) is 10.4. The minimum atomic E-state index is -0.680. The van der Waals surface area contributed by atoms with Crippen molar-refractivity contribution >= 4 is 39.6 Å². The van der Waals surface area contributed by atoms with Crippen LogP contribution in [-0.4, -0.2) is 42.0 Å². The molecule has 4 rings (SSSR count). The van der Waals surface area contributed by atoms with Crippen LogP contribution < -0.4 is 23.7 Å². The molecule has 10 heteroatoms. The van der Waals surface area contributed by atoms with Gasteiger partial charge in [0.2, 0.25) is 6.79 Å². The fourth-order valence-electron chi connectivity index (χ4n) is 3.55. The first-order valence-corrected chi connectivity index (χ1v) is 13.6. The lowest BCUT2D eigenvalue weighted by molar-refractivity contribution is -0.135. The minimum absolute atomic E-state index is 0.00419. The van der Waals surface area contributed by atoms with Crippen molar-refractivity contribution in [3.05, 3.63) is 42.0 Å². The van der Waals surface area contributed by atoms with Gasteiger partial charge in [-0.2, -0.15) is 0 Å². The number of methoxy groups -OCH3 is 1. The zero-order valence-electron chi connectivity index (χ0n) is 19.2. The van der Waals surface area contributed by atoms with Crippen LogP contribution in [0.15, 0.2) is 36.4 Å². The summed E-state index contributed by atoms with van der Waals surface area (Å²) < 4.78 is 26.8. The van der Waals surface area contributed by atoms with E-state index in [-0.39, 0.29) is 36.2 Å². The molecule has 0 bridgehead atoms. The predicted molar refractivity (Wildman–Crippen MR) is 134 cm³/mol. The average molecular weight is 519 g/mol. The fourth-order valence-corrected chi connectivity index (χ4v) is 6.58. The molecule has 0 saturated carbocycles. The van der Waals surface area contributed by atoms with Crippen LogP contribution >= 0.6 is 21.6 Å². The molecule has 1 saturated heterocycles. The van der Waals surface area contributed by atoms with Gasteiger partial charge in [0.25, 0.3) is 0 Å². The zero-order valence-corrected chi connectivity index (χ0v) is 20.8. The molecule has 186 valence electrons. The lowest BCUT2D eigenvalue weighted by Crippen LogP contribution is -2.11. The van der Waals surface area contributed by atoms with Gasteiger partial charge in [0.05, 0.1) is 7.11 Å². The van der Waals surface area contributed by atoms with Gasteiger partial charge in [0, 0.05) is 35.6 Å². The Balaban J connectivity index is 1.37. The van der Waals surface area contributed by atoms with Crippen LogP contribution in [0.3, 0.4) is 0 Å². The first kappa shape index (κ1) is 25.1. The molecule has 2 aliphatic heterocycles. The van der Waals surface area contributed by atoms with Crippen LogP contribution in [0.25, 0.3) is 6.08 Å². The van der Waals surface area contributed by atoms with Crippen LogP contribution in [0, 0.1) is 0 Å². The van der Waals surface area contributed by atoms with Gasteiger partial charge in [-0.1, -0.05) is 34.1 Å². The van der Waals surface area contributed by atoms with E-state index in [1.807, 2.05) is 21.6 Å². The molecule has 35 heavy (non-hydrogen) atoms. The first-order valence-electron chi connectivity index (χ1n) is 11.2. The average Bonchev–Trinajstić information content (AvgIpc) is 3.53. The van der Waals surface area contributed by atoms with E-state index in [4.69, 9.17) is 23.7 Å². The molecule has 1 N–H and O–H groups in total. The number of unbranched alkanes of at least 4 members (excludes halogenated alkanes) is 1. The van der Waals surface area contributed by atoms with E-state index in [0.29, 0.717) is 22.3 Å². The molecule has 0 aliphatic carbocycles. The molecule has 1 unspecified atom stereocenters. The van der Waals surface area contributed by atoms with Crippen molar-refractivity contribution in [1.29, 1.82) is 0 Å². The van der Waals surface area contributed by atoms with Gasteiger partial charge in [-0.15, -0.1) is 0 Å². The Hall–Kier alpha value is -2.98. The third-order valence-electron chi connectivity index (χ3n) is 5.37. The van der Waals surface area contributed by atoms with Crippen molar-refractivity contribution in [1.82, 2.24) is 0 Å². The summed E-state index contributed by atoms with van der Waals surface area (Å²) in [7, 11) is 5.28. The third-order valence-corrected chi connectivity index (χ3v) is 8.38. The summed E-state index contributed by atoms with van der Waals surface area (Å²) in [6, 6.07) is 7.63. The monoisotopic (exact) mass is 518 g/mol. The number of phenolic OH excluding ortho intramolecular Hbond substituents is 1. The third kappa shape index (κ3) is 7.02. The van der Waals surface area contributed by atoms with Crippen molar-refractivity contribution in [2.24, 2.45) is 0 Å². The Morgan fingerprint density at radius 1 is 1.09 bits per heavy atom. The van der Waals surface area contributed by atoms with E-state index >= 15 is 0 Å². The predicted octanol–water partition coefficient (Wildman–Crippen LogP) is 5.37. The molecule has 0 aromatic heterocycles. The number of rotatable bonds is 10. The largest absolute Gasteiger partial charge is 0.504 e. The Morgan fingerprint density at radius 3 is 2.57 bits per heavy atom. The molecular formula is C25H26O8S2. The molecular weight excluding hydrogens is 492 g/mol. The van der Waals surface area contributed by atoms with Gasteiger partial charge in [0.1, 0.15) is 0 Å². The highest BCUT2D eigenvalue weighted by Gasteiger charge is 2.22. The number of carbonyl (C=O) groups is 2. The molecule has 0 radical (unpaired) electrons. The standard InChI is InChI=1S/C25H26O8S2/c1-29-19-12-16(6-8-18(19)26)7-9-25(28)33-23-14-21-20(30-15-31-21)13-22(23)32-24(27)5-3-2-4-17-10-11-34-35-17/h6-9,12-14,17,26H,2-5,10-11,15H2,1H3/b9-7+. The van der Waals surface area contributed by atoms with Crippen LogP contribution in [0.4, 0.5) is 0 Å².